The highest BCUT2D eigenvalue weighted by Gasteiger charge is 2.49. The zero-order valence-corrected chi connectivity index (χ0v) is 12.3. The monoisotopic (exact) mass is 293 g/mol. The first kappa shape index (κ1) is 13.6. The maximum Gasteiger partial charge on any atom is 0.305 e. The summed E-state index contributed by atoms with van der Waals surface area (Å²) < 4.78 is 0. The van der Waals surface area contributed by atoms with E-state index in [4.69, 9.17) is 5.11 Å². The summed E-state index contributed by atoms with van der Waals surface area (Å²) in [5, 5.41) is 14.1. The molecule has 2 unspecified atom stereocenters. The molecule has 0 aliphatic heterocycles. The SMILES string of the molecule is Cc1ccsc1C1CC1C(=O)NC1(CC(=O)O)CCC1. The Labute approximate surface area is 122 Å². The molecule has 4 nitrogen and oxygen atoms in total. The number of rotatable bonds is 5. The van der Waals surface area contributed by atoms with E-state index in [2.05, 4.69) is 23.7 Å². The van der Waals surface area contributed by atoms with Gasteiger partial charge in [-0.3, -0.25) is 9.59 Å². The third-order valence-corrected chi connectivity index (χ3v) is 5.71. The van der Waals surface area contributed by atoms with Crippen molar-refractivity contribution in [2.24, 2.45) is 5.92 Å². The molecule has 2 aliphatic rings. The van der Waals surface area contributed by atoms with Crippen LogP contribution in [0.1, 0.15) is 48.5 Å². The summed E-state index contributed by atoms with van der Waals surface area (Å²) in [5.41, 5.74) is 0.791. The first-order chi connectivity index (χ1) is 9.51. The van der Waals surface area contributed by atoms with E-state index >= 15 is 0 Å². The van der Waals surface area contributed by atoms with E-state index in [1.807, 2.05) is 0 Å². The number of aryl methyl sites for hydroxylation is 1. The maximum atomic E-state index is 12.3. The van der Waals surface area contributed by atoms with Crippen LogP contribution in [-0.2, 0) is 9.59 Å². The highest BCUT2D eigenvalue weighted by molar-refractivity contribution is 7.10. The summed E-state index contributed by atoms with van der Waals surface area (Å²) in [4.78, 5) is 24.5. The van der Waals surface area contributed by atoms with Crippen LogP contribution in [0.25, 0.3) is 0 Å². The van der Waals surface area contributed by atoms with Crippen LogP contribution in [0.2, 0.25) is 0 Å². The molecule has 5 heteroatoms. The molecule has 0 radical (unpaired) electrons. The molecule has 2 saturated carbocycles. The number of hydrogen-bond acceptors (Lipinski definition) is 3. The van der Waals surface area contributed by atoms with Crippen LogP contribution < -0.4 is 5.32 Å². The van der Waals surface area contributed by atoms with Gasteiger partial charge >= 0.3 is 5.97 Å². The second kappa shape index (κ2) is 4.88. The van der Waals surface area contributed by atoms with Gasteiger partial charge in [0, 0.05) is 16.7 Å². The van der Waals surface area contributed by atoms with Gasteiger partial charge in [-0.15, -0.1) is 11.3 Å². The number of thiophene rings is 1. The van der Waals surface area contributed by atoms with E-state index in [0.717, 1.165) is 25.7 Å². The Bertz CT molecular complexity index is 547. The highest BCUT2D eigenvalue weighted by atomic mass is 32.1. The molecule has 2 N–H and O–H groups in total. The molecular formula is C15H19NO3S. The third kappa shape index (κ3) is 2.46. The summed E-state index contributed by atoms with van der Waals surface area (Å²) in [5.74, 6) is -0.397. The molecular weight excluding hydrogens is 274 g/mol. The molecule has 0 spiro atoms. The molecule has 20 heavy (non-hydrogen) atoms. The molecule has 0 aromatic carbocycles. The van der Waals surface area contributed by atoms with Crippen molar-refractivity contribution in [1.82, 2.24) is 5.32 Å². The fourth-order valence-corrected chi connectivity index (χ4v) is 4.24. The summed E-state index contributed by atoms with van der Waals surface area (Å²) in [6.45, 7) is 2.08. The second-order valence-electron chi connectivity index (χ2n) is 6.11. The molecule has 2 fully saturated rings. The van der Waals surface area contributed by atoms with E-state index < -0.39 is 11.5 Å². The molecule has 0 saturated heterocycles. The minimum Gasteiger partial charge on any atom is -0.481 e. The molecule has 1 aromatic rings. The zero-order chi connectivity index (χ0) is 14.3. The number of hydrogen-bond donors (Lipinski definition) is 2. The minimum atomic E-state index is -0.827. The van der Waals surface area contributed by atoms with E-state index in [9.17, 15) is 9.59 Å². The largest absolute Gasteiger partial charge is 0.481 e. The van der Waals surface area contributed by atoms with Crippen molar-refractivity contribution in [3.05, 3.63) is 21.9 Å². The lowest BCUT2D eigenvalue weighted by molar-refractivity contribution is -0.140. The normalized spacial score (nSPS) is 26.6. The van der Waals surface area contributed by atoms with Gasteiger partial charge in [0.25, 0.3) is 0 Å². The van der Waals surface area contributed by atoms with Crippen LogP contribution in [0.5, 0.6) is 0 Å². The number of carboxylic acid groups (broad SMARTS) is 1. The predicted octanol–water partition coefficient (Wildman–Crippen LogP) is 2.67. The molecule has 2 aliphatic carbocycles. The summed E-state index contributed by atoms with van der Waals surface area (Å²) in [7, 11) is 0. The number of carbonyl (C=O) groups excluding carboxylic acids is 1. The number of amides is 1. The van der Waals surface area contributed by atoms with Crippen molar-refractivity contribution in [3.63, 3.8) is 0 Å². The average molecular weight is 293 g/mol. The number of carbonyl (C=O) groups is 2. The Balaban J connectivity index is 1.61. The lowest BCUT2D eigenvalue weighted by atomic mass is 9.74. The van der Waals surface area contributed by atoms with Crippen molar-refractivity contribution in [2.75, 3.05) is 0 Å². The first-order valence-electron chi connectivity index (χ1n) is 7.09. The molecule has 108 valence electrons. The maximum absolute atomic E-state index is 12.3. The van der Waals surface area contributed by atoms with Crippen LogP contribution in [-0.4, -0.2) is 22.5 Å². The topological polar surface area (TPSA) is 66.4 Å². The van der Waals surface area contributed by atoms with Crippen molar-refractivity contribution in [1.29, 1.82) is 0 Å². The van der Waals surface area contributed by atoms with Gasteiger partial charge in [0.15, 0.2) is 0 Å². The number of aliphatic carboxylic acids is 1. The van der Waals surface area contributed by atoms with Gasteiger partial charge in [0.1, 0.15) is 0 Å². The first-order valence-corrected chi connectivity index (χ1v) is 7.96. The Kier molecular flexibility index (Phi) is 3.32. The third-order valence-electron chi connectivity index (χ3n) is 4.55. The van der Waals surface area contributed by atoms with E-state index in [0.29, 0.717) is 5.92 Å². The Morgan fingerprint density at radius 2 is 2.25 bits per heavy atom. The predicted molar refractivity (Wildman–Crippen MR) is 76.9 cm³/mol. The van der Waals surface area contributed by atoms with Crippen molar-refractivity contribution >= 4 is 23.2 Å². The molecule has 0 bridgehead atoms. The van der Waals surface area contributed by atoms with Crippen molar-refractivity contribution in [2.45, 2.75) is 50.5 Å². The Hall–Kier alpha value is -1.36. The van der Waals surface area contributed by atoms with Gasteiger partial charge in [0.05, 0.1) is 12.0 Å². The second-order valence-corrected chi connectivity index (χ2v) is 7.06. The van der Waals surface area contributed by atoms with Gasteiger partial charge in [-0.2, -0.15) is 0 Å². The Morgan fingerprint density at radius 3 is 2.75 bits per heavy atom. The van der Waals surface area contributed by atoms with E-state index in [-0.39, 0.29) is 18.2 Å². The van der Waals surface area contributed by atoms with Gasteiger partial charge in [0.2, 0.25) is 5.91 Å². The van der Waals surface area contributed by atoms with Crippen LogP contribution in [0.15, 0.2) is 11.4 Å². The summed E-state index contributed by atoms with van der Waals surface area (Å²) in [6, 6.07) is 2.09. The highest BCUT2D eigenvalue weighted by Crippen LogP contribution is 2.51. The summed E-state index contributed by atoms with van der Waals surface area (Å²) in [6.07, 6.45) is 3.54. The fourth-order valence-electron chi connectivity index (χ4n) is 3.13. The van der Waals surface area contributed by atoms with Crippen LogP contribution in [0.3, 0.4) is 0 Å². The van der Waals surface area contributed by atoms with Crippen molar-refractivity contribution < 1.29 is 14.7 Å². The van der Waals surface area contributed by atoms with Crippen molar-refractivity contribution in [3.8, 4) is 0 Å². The standard InChI is InChI=1S/C15H19NO3S/c1-9-3-6-20-13(9)10-7-11(10)14(19)16-15(4-2-5-15)8-12(17)18/h3,6,10-11H,2,4-5,7-8H2,1H3,(H,16,19)(H,17,18). The number of nitrogens with one attached hydrogen (secondary N) is 1. The molecule has 1 aromatic heterocycles. The quantitative estimate of drug-likeness (QED) is 0.877. The molecule has 3 rings (SSSR count). The smallest absolute Gasteiger partial charge is 0.305 e. The van der Waals surface area contributed by atoms with Gasteiger partial charge in [-0.1, -0.05) is 0 Å². The van der Waals surface area contributed by atoms with Crippen LogP contribution in [0, 0.1) is 12.8 Å². The van der Waals surface area contributed by atoms with Crippen LogP contribution in [0.4, 0.5) is 0 Å². The number of carboxylic acids is 1. The van der Waals surface area contributed by atoms with Gasteiger partial charge in [-0.25, -0.2) is 0 Å². The van der Waals surface area contributed by atoms with E-state index in [1.165, 1.54) is 10.4 Å². The zero-order valence-electron chi connectivity index (χ0n) is 11.5. The van der Waals surface area contributed by atoms with E-state index in [1.54, 1.807) is 11.3 Å². The molecule has 2 atom stereocenters. The van der Waals surface area contributed by atoms with Gasteiger partial charge < -0.3 is 10.4 Å². The average Bonchev–Trinajstić information content (AvgIpc) is 3.02. The molecule has 1 heterocycles. The lowest BCUT2D eigenvalue weighted by Gasteiger charge is -2.41. The fraction of sp³-hybridized carbons (Fsp3) is 0.600. The van der Waals surface area contributed by atoms with Gasteiger partial charge in [-0.05, 0) is 49.6 Å². The molecule has 1 amide bonds. The summed E-state index contributed by atoms with van der Waals surface area (Å²) >= 11 is 1.72. The lowest BCUT2D eigenvalue weighted by Crippen LogP contribution is -2.55. The minimum absolute atomic E-state index is 0.0404. The Morgan fingerprint density at radius 1 is 1.50 bits per heavy atom. The van der Waals surface area contributed by atoms with Crippen LogP contribution >= 0.6 is 11.3 Å².